The highest BCUT2D eigenvalue weighted by atomic mass is 35.5. The lowest BCUT2D eigenvalue weighted by Gasteiger charge is -2.09. The first-order valence-electron chi connectivity index (χ1n) is 5.95. The Balaban J connectivity index is 0.00000361. The summed E-state index contributed by atoms with van der Waals surface area (Å²) in [6, 6.07) is 6.52. The van der Waals surface area contributed by atoms with Crippen LogP contribution in [0.15, 0.2) is 36.2 Å². The minimum absolute atomic E-state index is 0. The van der Waals surface area contributed by atoms with E-state index in [1.807, 2.05) is 6.92 Å². The number of rotatable bonds is 6. The number of urea groups is 1. The van der Waals surface area contributed by atoms with E-state index in [0.29, 0.717) is 29.9 Å². The lowest BCUT2D eigenvalue weighted by Crippen LogP contribution is -2.28. The van der Waals surface area contributed by atoms with Gasteiger partial charge in [-0.1, -0.05) is 0 Å². The molecule has 0 aliphatic heterocycles. The summed E-state index contributed by atoms with van der Waals surface area (Å²) in [4.78, 5) is 11.3. The van der Waals surface area contributed by atoms with Gasteiger partial charge in [-0.2, -0.15) is 0 Å². The quantitative estimate of drug-likeness (QED) is 0.755. The molecule has 4 N–H and O–H groups in total. The highest BCUT2D eigenvalue weighted by molar-refractivity contribution is 5.89. The number of nitrogens with one attached hydrogen (secondary N) is 2. The third-order valence-electron chi connectivity index (χ3n) is 2.29. The number of ether oxygens (including phenoxy) is 1. The highest BCUT2D eigenvalue weighted by Gasteiger charge is 2.01. The predicted molar refractivity (Wildman–Crippen MR) is 80.1 cm³/mol. The largest absolute Gasteiger partial charge is 0.489 e. The van der Waals surface area contributed by atoms with Gasteiger partial charge in [0.05, 0.1) is 6.33 Å². The summed E-state index contributed by atoms with van der Waals surface area (Å²) in [5, 5.41) is 5.28. The molecule has 5 nitrogen and oxygen atoms in total. The molecule has 0 atom stereocenters. The van der Waals surface area contributed by atoms with E-state index >= 15 is 0 Å². The molecule has 0 fully saturated rings. The molecule has 1 aromatic rings. The summed E-state index contributed by atoms with van der Waals surface area (Å²) < 4.78 is 17.6. The van der Waals surface area contributed by atoms with E-state index in [1.165, 1.54) is 0 Å². The van der Waals surface area contributed by atoms with Crippen LogP contribution >= 0.6 is 12.4 Å². The SMILES string of the molecule is CCNC(=O)Nc1ccc(OCC(=CF)CN)cc1.Cl. The third-order valence-corrected chi connectivity index (χ3v) is 2.29. The second kappa shape index (κ2) is 10.1. The molecular formula is C13H19ClFN3O2. The highest BCUT2D eigenvalue weighted by Crippen LogP contribution is 2.16. The van der Waals surface area contributed by atoms with Gasteiger partial charge in [0.2, 0.25) is 0 Å². The predicted octanol–water partition coefficient (Wildman–Crippen LogP) is 2.44. The van der Waals surface area contributed by atoms with Gasteiger partial charge < -0.3 is 21.1 Å². The van der Waals surface area contributed by atoms with Gasteiger partial charge in [-0.25, -0.2) is 9.18 Å². The van der Waals surface area contributed by atoms with Crippen molar-refractivity contribution < 1.29 is 13.9 Å². The maximum absolute atomic E-state index is 12.3. The van der Waals surface area contributed by atoms with Crippen LogP contribution in [0.25, 0.3) is 0 Å². The van der Waals surface area contributed by atoms with Crippen molar-refractivity contribution in [3.63, 3.8) is 0 Å². The van der Waals surface area contributed by atoms with Crippen LogP contribution in [0.1, 0.15) is 6.92 Å². The Hall–Kier alpha value is -1.79. The Kier molecular flexibility index (Phi) is 9.15. The van der Waals surface area contributed by atoms with Crippen molar-refractivity contribution >= 4 is 24.1 Å². The second-order valence-electron chi connectivity index (χ2n) is 3.77. The number of carbonyl (C=O) groups is 1. The molecule has 0 aromatic heterocycles. The zero-order valence-electron chi connectivity index (χ0n) is 11.2. The summed E-state index contributed by atoms with van der Waals surface area (Å²) in [5.41, 5.74) is 6.34. The van der Waals surface area contributed by atoms with Crippen molar-refractivity contribution in [2.24, 2.45) is 5.73 Å². The number of hydrogen-bond donors (Lipinski definition) is 3. The van der Waals surface area contributed by atoms with E-state index in [0.717, 1.165) is 0 Å². The van der Waals surface area contributed by atoms with Crippen LogP contribution in [-0.2, 0) is 0 Å². The van der Waals surface area contributed by atoms with Crippen molar-refractivity contribution in [1.82, 2.24) is 5.32 Å². The number of anilines is 1. The molecule has 0 radical (unpaired) electrons. The maximum Gasteiger partial charge on any atom is 0.319 e. The van der Waals surface area contributed by atoms with Gasteiger partial charge in [0.25, 0.3) is 0 Å². The van der Waals surface area contributed by atoms with Gasteiger partial charge in [0.1, 0.15) is 12.4 Å². The smallest absolute Gasteiger partial charge is 0.319 e. The van der Waals surface area contributed by atoms with Gasteiger partial charge in [-0.15, -0.1) is 12.4 Å². The van der Waals surface area contributed by atoms with E-state index in [2.05, 4.69) is 10.6 Å². The Labute approximate surface area is 123 Å². The average Bonchev–Trinajstić information content (AvgIpc) is 2.42. The van der Waals surface area contributed by atoms with E-state index < -0.39 is 0 Å². The van der Waals surface area contributed by atoms with Crippen LogP contribution < -0.4 is 21.1 Å². The van der Waals surface area contributed by atoms with Gasteiger partial charge in [0, 0.05) is 24.4 Å². The molecule has 2 amide bonds. The van der Waals surface area contributed by atoms with Crippen LogP contribution in [0.3, 0.4) is 0 Å². The fraction of sp³-hybridized carbons (Fsp3) is 0.308. The van der Waals surface area contributed by atoms with E-state index in [-0.39, 0.29) is 31.6 Å². The Morgan fingerprint density at radius 1 is 1.40 bits per heavy atom. The summed E-state index contributed by atoms with van der Waals surface area (Å²) in [7, 11) is 0. The van der Waals surface area contributed by atoms with Crippen molar-refractivity contribution in [1.29, 1.82) is 0 Å². The first-order chi connectivity index (χ1) is 9.19. The monoisotopic (exact) mass is 303 g/mol. The molecule has 0 unspecified atom stereocenters. The molecule has 0 saturated carbocycles. The van der Waals surface area contributed by atoms with Gasteiger partial charge >= 0.3 is 6.03 Å². The minimum Gasteiger partial charge on any atom is -0.489 e. The lowest BCUT2D eigenvalue weighted by molar-refractivity contribution is 0.252. The third kappa shape index (κ3) is 6.40. The first-order valence-corrected chi connectivity index (χ1v) is 5.95. The normalized spacial score (nSPS) is 10.4. The Bertz CT molecular complexity index is 438. The molecule has 1 rings (SSSR count). The summed E-state index contributed by atoms with van der Waals surface area (Å²) >= 11 is 0. The van der Waals surface area contributed by atoms with Crippen LogP contribution in [0.2, 0.25) is 0 Å². The molecule has 0 bridgehead atoms. The molecular weight excluding hydrogens is 285 g/mol. The molecule has 0 spiro atoms. The average molecular weight is 304 g/mol. The van der Waals surface area contributed by atoms with Crippen molar-refractivity contribution in [2.45, 2.75) is 6.92 Å². The van der Waals surface area contributed by atoms with Crippen LogP contribution in [0, 0.1) is 0 Å². The number of benzene rings is 1. The van der Waals surface area contributed by atoms with Gasteiger partial charge in [-0.3, -0.25) is 0 Å². The standard InChI is InChI=1S/C13H18FN3O2.ClH/c1-2-16-13(18)17-11-3-5-12(6-4-11)19-9-10(7-14)8-15;/h3-7H,2,8-9,15H2,1H3,(H2,16,17,18);1H. The molecule has 0 aliphatic carbocycles. The van der Waals surface area contributed by atoms with Crippen molar-refractivity contribution in [3.8, 4) is 5.75 Å². The molecule has 20 heavy (non-hydrogen) atoms. The molecule has 0 aliphatic rings. The van der Waals surface area contributed by atoms with E-state index in [4.69, 9.17) is 10.5 Å². The van der Waals surface area contributed by atoms with Crippen molar-refractivity contribution in [2.75, 3.05) is 25.0 Å². The maximum atomic E-state index is 12.3. The Morgan fingerprint density at radius 2 is 2.05 bits per heavy atom. The molecule has 0 saturated heterocycles. The minimum atomic E-state index is -0.262. The zero-order chi connectivity index (χ0) is 14.1. The van der Waals surface area contributed by atoms with Crippen LogP contribution in [0.5, 0.6) is 5.75 Å². The van der Waals surface area contributed by atoms with E-state index in [9.17, 15) is 9.18 Å². The number of halogens is 2. The summed E-state index contributed by atoms with van der Waals surface area (Å²) in [5.74, 6) is 0.578. The number of nitrogens with two attached hydrogens (primary N) is 1. The molecule has 112 valence electrons. The molecule has 7 heteroatoms. The number of amides is 2. The van der Waals surface area contributed by atoms with Gasteiger partial charge in [0.15, 0.2) is 0 Å². The lowest BCUT2D eigenvalue weighted by atomic mass is 10.3. The second-order valence-corrected chi connectivity index (χ2v) is 3.77. The summed E-state index contributed by atoms with van der Waals surface area (Å²) in [6.07, 6.45) is 0.449. The van der Waals surface area contributed by atoms with Crippen molar-refractivity contribution in [3.05, 3.63) is 36.2 Å². The summed E-state index contributed by atoms with van der Waals surface area (Å²) in [6.45, 7) is 2.62. The van der Waals surface area contributed by atoms with Crippen LogP contribution in [-0.4, -0.2) is 25.7 Å². The topological polar surface area (TPSA) is 76.4 Å². The Morgan fingerprint density at radius 3 is 2.55 bits per heavy atom. The fourth-order valence-corrected chi connectivity index (χ4v) is 1.28. The first kappa shape index (κ1) is 18.2. The van der Waals surface area contributed by atoms with Crippen LogP contribution in [0.4, 0.5) is 14.9 Å². The number of hydrogen-bond acceptors (Lipinski definition) is 3. The fourth-order valence-electron chi connectivity index (χ4n) is 1.28. The zero-order valence-corrected chi connectivity index (χ0v) is 12.0. The van der Waals surface area contributed by atoms with Gasteiger partial charge in [-0.05, 0) is 31.2 Å². The molecule has 1 aromatic carbocycles. The molecule has 0 heterocycles. The van der Waals surface area contributed by atoms with E-state index in [1.54, 1.807) is 24.3 Å². The number of carbonyl (C=O) groups excluding carboxylic acids is 1.